The van der Waals surface area contributed by atoms with E-state index in [0.717, 1.165) is 52.4 Å². The van der Waals surface area contributed by atoms with E-state index in [1.165, 1.54) is 29.5 Å². The zero-order valence-corrected chi connectivity index (χ0v) is 22.1. The summed E-state index contributed by atoms with van der Waals surface area (Å²) in [6.07, 6.45) is 5.44. The monoisotopic (exact) mass is 533 g/mol. The molecule has 1 saturated carbocycles. The first-order valence-electron chi connectivity index (χ1n) is 12.1. The number of amides is 2. The molecule has 2 heterocycles. The molecule has 0 bridgehead atoms. The summed E-state index contributed by atoms with van der Waals surface area (Å²) in [4.78, 5) is 32.6. The van der Waals surface area contributed by atoms with Crippen molar-refractivity contribution >= 4 is 57.1 Å². The van der Waals surface area contributed by atoms with E-state index in [9.17, 15) is 9.59 Å². The molecule has 0 radical (unpaired) electrons. The first kappa shape index (κ1) is 24.7. The molecule has 1 aliphatic rings. The number of thiazole rings is 1. The Bertz CT molecular complexity index is 1280. The van der Waals surface area contributed by atoms with Crippen LogP contribution in [0.4, 0.5) is 10.8 Å². The van der Waals surface area contributed by atoms with Crippen molar-refractivity contribution < 1.29 is 9.59 Å². The molecule has 184 valence electrons. The maximum atomic E-state index is 13.4. The fourth-order valence-electron chi connectivity index (χ4n) is 4.30. The van der Waals surface area contributed by atoms with Crippen molar-refractivity contribution in [3.05, 3.63) is 83.1 Å². The third kappa shape index (κ3) is 6.24. The van der Waals surface area contributed by atoms with E-state index >= 15 is 0 Å². The molecular formula is C28H27N3O2S3. The van der Waals surface area contributed by atoms with E-state index in [1.807, 2.05) is 77.5 Å². The van der Waals surface area contributed by atoms with Crippen LogP contribution in [0.15, 0.2) is 82.4 Å². The maximum absolute atomic E-state index is 13.4. The number of rotatable bonds is 8. The molecule has 1 aliphatic carbocycles. The van der Waals surface area contributed by atoms with E-state index in [4.69, 9.17) is 0 Å². The van der Waals surface area contributed by atoms with Crippen molar-refractivity contribution in [2.75, 3.05) is 10.6 Å². The first-order valence-corrected chi connectivity index (χ1v) is 14.7. The van der Waals surface area contributed by atoms with E-state index in [-0.39, 0.29) is 17.7 Å². The third-order valence-corrected chi connectivity index (χ3v) is 9.12. The van der Waals surface area contributed by atoms with Crippen LogP contribution in [-0.4, -0.2) is 16.8 Å². The molecule has 2 N–H and O–H groups in total. The van der Waals surface area contributed by atoms with Crippen LogP contribution in [0, 0.1) is 5.92 Å². The minimum absolute atomic E-state index is 0.113. The summed E-state index contributed by atoms with van der Waals surface area (Å²) in [6.45, 7) is 0. The summed E-state index contributed by atoms with van der Waals surface area (Å²) in [5.41, 5.74) is 2.59. The normalized spacial score (nSPS) is 14.8. The number of nitrogens with one attached hydrogen (secondary N) is 2. The Hall–Kier alpha value is -2.94. The molecule has 1 fully saturated rings. The van der Waals surface area contributed by atoms with Gasteiger partial charge < -0.3 is 10.6 Å². The predicted molar refractivity (Wildman–Crippen MR) is 151 cm³/mol. The second-order valence-electron chi connectivity index (χ2n) is 8.76. The van der Waals surface area contributed by atoms with Crippen LogP contribution >= 0.6 is 34.4 Å². The van der Waals surface area contributed by atoms with Gasteiger partial charge in [-0.1, -0.05) is 55.7 Å². The molecule has 5 nitrogen and oxygen atoms in total. The Morgan fingerprint density at radius 2 is 1.67 bits per heavy atom. The lowest BCUT2D eigenvalue weighted by molar-refractivity contribution is -0.120. The van der Waals surface area contributed by atoms with Crippen LogP contribution in [0.3, 0.4) is 0 Å². The van der Waals surface area contributed by atoms with Gasteiger partial charge in [0.1, 0.15) is 5.25 Å². The molecule has 0 spiro atoms. The highest BCUT2D eigenvalue weighted by Gasteiger charge is 2.24. The van der Waals surface area contributed by atoms with Crippen molar-refractivity contribution in [1.29, 1.82) is 0 Å². The summed E-state index contributed by atoms with van der Waals surface area (Å²) >= 11 is 4.54. The van der Waals surface area contributed by atoms with Gasteiger partial charge in [-0.3, -0.25) is 9.59 Å². The highest BCUT2D eigenvalue weighted by molar-refractivity contribution is 8.00. The van der Waals surface area contributed by atoms with Gasteiger partial charge in [-0.25, -0.2) is 4.98 Å². The predicted octanol–water partition coefficient (Wildman–Crippen LogP) is 7.86. The van der Waals surface area contributed by atoms with Crippen LogP contribution < -0.4 is 10.6 Å². The molecule has 1 atom stereocenters. The van der Waals surface area contributed by atoms with Gasteiger partial charge in [0, 0.05) is 21.9 Å². The van der Waals surface area contributed by atoms with E-state index in [0.29, 0.717) is 5.13 Å². The highest BCUT2D eigenvalue weighted by atomic mass is 32.2. The Morgan fingerprint density at radius 3 is 2.39 bits per heavy atom. The lowest BCUT2D eigenvalue weighted by Gasteiger charge is -2.21. The minimum Gasteiger partial charge on any atom is -0.326 e. The van der Waals surface area contributed by atoms with Gasteiger partial charge in [0.25, 0.3) is 0 Å². The van der Waals surface area contributed by atoms with Crippen molar-refractivity contribution in [2.45, 2.75) is 42.2 Å². The molecule has 36 heavy (non-hydrogen) atoms. The fourth-order valence-corrected chi connectivity index (χ4v) is 6.80. The van der Waals surface area contributed by atoms with E-state index in [1.54, 1.807) is 11.3 Å². The Kier molecular flexibility index (Phi) is 8.15. The number of nitrogens with zero attached hydrogens (tertiary/aromatic N) is 1. The lowest BCUT2D eigenvalue weighted by atomic mass is 9.88. The summed E-state index contributed by atoms with van der Waals surface area (Å²) in [5, 5.41) is 10.2. The molecule has 8 heteroatoms. The molecule has 0 saturated heterocycles. The summed E-state index contributed by atoms with van der Waals surface area (Å²) in [6, 6.07) is 21.5. The number of carbonyl (C=O) groups excluding carboxylic acids is 2. The largest absolute Gasteiger partial charge is 0.326 e. The van der Waals surface area contributed by atoms with Gasteiger partial charge in [0.15, 0.2) is 5.13 Å². The van der Waals surface area contributed by atoms with Gasteiger partial charge in [-0.15, -0.1) is 34.4 Å². The highest BCUT2D eigenvalue weighted by Crippen LogP contribution is 2.37. The molecule has 2 aromatic carbocycles. The van der Waals surface area contributed by atoms with E-state index < -0.39 is 5.25 Å². The summed E-state index contributed by atoms with van der Waals surface area (Å²) in [5.74, 6) is 0.111. The smallest absolute Gasteiger partial charge is 0.244 e. The van der Waals surface area contributed by atoms with Crippen LogP contribution in [0.5, 0.6) is 0 Å². The molecular weight excluding hydrogens is 507 g/mol. The number of hydrogen-bond donors (Lipinski definition) is 2. The SMILES string of the molecule is O=C(Nc1ccc(SC(C(=O)Nc2nc(-c3cccs3)cs2)c2ccccc2)cc1)C1CCCCC1. The summed E-state index contributed by atoms with van der Waals surface area (Å²) in [7, 11) is 0. The number of aromatic nitrogens is 1. The van der Waals surface area contributed by atoms with Crippen LogP contribution in [0.2, 0.25) is 0 Å². The van der Waals surface area contributed by atoms with Gasteiger partial charge in [0.05, 0.1) is 10.6 Å². The average Bonchev–Trinajstić information content (AvgIpc) is 3.62. The molecule has 5 rings (SSSR count). The molecule has 2 aromatic heterocycles. The van der Waals surface area contributed by atoms with Crippen LogP contribution in [0.1, 0.15) is 42.9 Å². The standard InChI is InChI=1S/C28H27N3O2S3/c32-26(20-10-5-2-6-11-20)29-21-13-15-22(16-14-21)36-25(19-8-3-1-4-9-19)27(33)31-28-30-23(18-35-28)24-12-7-17-34-24/h1,3-4,7-9,12-18,20,25H,2,5-6,10-11H2,(H,29,32)(H,30,31,33). The van der Waals surface area contributed by atoms with Crippen molar-refractivity contribution in [1.82, 2.24) is 4.98 Å². The lowest BCUT2D eigenvalue weighted by Crippen LogP contribution is -2.24. The molecule has 2 amide bonds. The Balaban J connectivity index is 1.27. The Morgan fingerprint density at radius 1 is 0.889 bits per heavy atom. The average molecular weight is 534 g/mol. The van der Waals surface area contributed by atoms with Gasteiger partial charge in [-0.05, 0) is 54.1 Å². The van der Waals surface area contributed by atoms with Crippen molar-refractivity contribution in [2.24, 2.45) is 5.92 Å². The number of thiophene rings is 1. The summed E-state index contributed by atoms with van der Waals surface area (Å²) < 4.78 is 0. The van der Waals surface area contributed by atoms with Gasteiger partial charge in [0.2, 0.25) is 11.8 Å². The Labute approximate surface area is 223 Å². The molecule has 1 unspecified atom stereocenters. The number of benzene rings is 2. The maximum Gasteiger partial charge on any atom is 0.244 e. The van der Waals surface area contributed by atoms with Crippen LogP contribution in [0.25, 0.3) is 10.6 Å². The quantitative estimate of drug-likeness (QED) is 0.226. The number of anilines is 2. The van der Waals surface area contributed by atoms with E-state index in [2.05, 4.69) is 15.6 Å². The topological polar surface area (TPSA) is 71.1 Å². The molecule has 4 aromatic rings. The second-order valence-corrected chi connectivity index (χ2v) is 11.7. The zero-order chi connectivity index (χ0) is 24.7. The number of carbonyl (C=O) groups is 2. The molecule has 0 aliphatic heterocycles. The first-order chi connectivity index (χ1) is 17.7. The van der Waals surface area contributed by atoms with Gasteiger partial charge >= 0.3 is 0 Å². The van der Waals surface area contributed by atoms with Gasteiger partial charge in [-0.2, -0.15) is 0 Å². The fraction of sp³-hybridized carbons (Fsp3) is 0.250. The second kappa shape index (κ2) is 11.9. The van der Waals surface area contributed by atoms with Crippen molar-refractivity contribution in [3.8, 4) is 10.6 Å². The minimum atomic E-state index is -0.442. The number of thioether (sulfide) groups is 1. The zero-order valence-electron chi connectivity index (χ0n) is 19.7. The van der Waals surface area contributed by atoms with Crippen molar-refractivity contribution in [3.63, 3.8) is 0 Å². The third-order valence-electron chi connectivity index (χ3n) is 6.20. The van der Waals surface area contributed by atoms with Crippen LogP contribution in [-0.2, 0) is 9.59 Å². The number of hydrogen-bond acceptors (Lipinski definition) is 6.